The van der Waals surface area contributed by atoms with Gasteiger partial charge in [-0.1, -0.05) is 25.3 Å². The van der Waals surface area contributed by atoms with Gasteiger partial charge in [-0.15, -0.1) is 11.6 Å². The number of nitrogens with zero attached hydrogens (tertiary/aromatic N) is 1. The summed E-state index contributed by atoms with van der Waals surface area (Å²) in [6, 6.07) is 4.45. The van der Waals surface area contributed by atoms with E-state index >= 15 is 0 Å². The molecule has 0 radical (unpaired) electrons. The van der Waals surface area contributed by atoms with Crippen molar-refractivity contribution in [3.8, 4) is 0 Å². The van der Waals surface area contributed by atoms with Crippen molar-refractivity contribution < 1.29 is 8.78 Å². The third-order valence-electron chi connectivity index (χ3n) is 3.89. The normalized spacial score (nSPS) is 17.1. The van der Waals surface area contributed by atoms with Gasteiger partial charge in [0.15, 0.2) is 0 Å². The summed E-state index contributed by atoms with van der Waals surface area (Å²) in [5.74, 6) is -0.433. The summed E-state index contributed by atoms with van der Waals surface area (Å²) >= 11 is 5.83. The molecule has 1 saturated carbocycles. The van der Waals surface area contributed by atoms with E-state index in [0.717, 1.165) is 12.8 Å². The minimum Gasteiger partial charge on any atom is -0.295 e. The molecule has 0 aromatic heterocycles. The first-order chi connectivity index (χ1) is 9.22. The summed E-state index contributed by atoms with van der Waals surface area (Å²) in [6.45, 7) is 0.996. The van der Waals surface area contributed by atoms with E-state index in [0.29, 0.717) is 25.0 Å². The summed E-state index contributed by atoms with van der Waals surface area (Å²) in [6.07, 6.45) is 5.87. The Morgan fingerprint density at radius 3 is 2.32 bits per heavy atom. The lowest BCUT2D eigenvalue weighted by Crippen LogP contribution is -2.38. The molecule has 0 heterocycles. The fraction of sp³-hybridized carbons (Fsp3) is 0.600. The number of benzene rings is 1. The van der Waals surface area contributed by atoms with Gasteiger partial charge in [0.1, 0.15) is 11.6 Å². The molecular formula is C15H20ClF2N. The first kappa shape index (κ1) is 14.7. The highest BCUT2D eigenvalue weighted by Gasteiger charge is 2.22. The van der Waals surface area contributed by atoms with E-state index in [1.54, 1.807) is 0 Å². The molecule has 0 atom stereocenters. The lowest BCUT2D eigenvalue weighted by molar-refractivity contribution is 0.153. The van der Waals surface area contributed by atoms with Crippen LogP contribution < -0.4 is 0 Å². The Balaban J connectivity index is 2.11. The molecule has 0 amide bonds. The Hall–Kier alpha value is -0.670. The summed E-state index contributed by atoms with van der Waals surface area (Å²) in [7, 11) is 0. The first-order valence-corrected chi connectivity index (χ1v) is 7.48. The Morgan fingerprint density at radius 1 is 1.11 bits per heavy atom. The monoisotopic (exact) mass is 287 g/mol. The zero-order chi connectivity index (χ0) is 13.7. The fourth-order valence-corrected chi connectivity index (χ4v) is 3.05. The van der Waals surface area contributed by atoms with Crippen LogP contribution in [0.1, 0.15) is 37.7 Å². The summed E-state index contributed by atoms with van der Waals surface area (Å²) in [4.78, 5) is 2.13. The minimum absolute atomic E-state index is 0.165. The SMILES string of the molecule is Fc1cccc(F)c1CN(CCCl)C1CCCCC1. The number of rotatable bonds is 5. The number of halogens is 3. The second kappa shape index (κ2) is 7.20. The van der Waals surface area contributed by atoms with Gasteiger partial charge >= 0.3 is 0 Å². The van der Waals surface area contributed by atoms with Crippen LogP contribution in [-0.4, -0.2) is 23.4 Å². The summed E-state index contributed by atoms with van der Waals surface area (Å²) < 4.78 is 27.4. The van der Waals surface area contributed by atoms with E-state index in [1.807, 2.05) is 0 Å². The number of hydrogen-bond acceptors (Lipinski definition) is 1. The zero-order valence-corrected chi connectivity index (χ0v) is 11.8. The standard InChI is InChI=1S/C15H20ClF2N/c16-9-10-19(12-5-2-1-3-6-12)11-13-14(17)7-4-8-15(13)18/h4,7-8,12H,1-3,5-6,9-11H2. The lowest BCUT2D eigenvalue weighted by atomic mass is 9.94. The predicted octanol–water partition coefficient (Wildman–Crippen LogP) is 4.34. The average Bonchev–Trinajstić information content (AvgIpc) is 2.43. The van der Waals surface area contributed by atoms with Crippen molar-refractivity contribution in [3.05, 3.63) is 35.4 Å². The second-order valence-electron chi connectivity index (χ2n) is 5.15. The van der Waals surface area contributed by atoms with Crippen molar-refractivity contribution in [3.63, 3.8) is 0 Å². The van der Waals surface area contributed by atoms with Crippen LogP contribution in [0, 0.1) is 11.6 Å². The molecule has 1 fully saturated rings. The molecule has 2 rings (SSSR count). The molecule has 1 aliphatic rings. The van der Waals surface area contributed by atoms with Gasteiger partial charge in [0, 0.05) is 30.6 Å². The van der Waals surface area contributed by atoms with Gasteiger partial charge < -0.3 is 0 Å². The molecule has 0 aliphatic heterocycles. The van der Waals surface area contributed by atoms with Gasteiger partial charge in [0.05, 0.1) is 0 Å². The van der Waals surface area contributed by atoms with Crippen molar-refractivity contribution in [2.75, 3.05) is 12.4 Å². The molecule has 0 saturated heterocycles. The second-order valence-corrected chi connectivity index (χ2v) is 5.53. The smallest absolute Gasteiger partial charge is 0.130 e. The van der Waals surface area contributed by atoms with Crippen molar-refractivity contribution >= 4 is 11.6 Å². The van der Waals surface area contributed by atoms with Gasteiger partial charge in [-0.05, 0) is 25.0 Å². The molecule has 0 unspecified atom stereocenters. The average molecular weight is 288 g/mol. The van der Waals surface area contributed by atoms with E-state index in [1.165, 1.54) is 37.5 Å². The highest BCUT2D eigenvalue weighted by atomic mass is 35.5. The van der Waals surface area contributed by atoms with Crippen LogP contribution in [0.3, 0.4) is 0 Å². The highest BCUT2D eigenvalue weighted by molar-refractivity contribution is 6.18. The maximum absolute atomic E-state index is 13.7. The van der Waals surface area contributed by atoms with Crippen LogP contribution in [0.15, 0.2) is 18.2 Å². The first-order valence-electron chi connectivity index (χ1n) is 6.95. The third kappa shape index (κ3) is 3.90. The Morgan fingerprint density at radius 2 is 1.74 bits per heavy atom. The van der Waals surface area contributed by atoms with Crippen molar-refractivity contribution in [2.24, 2.45) is 0 Å². The molecule has 0 spiro atoms. The Labute approximate surface area is 118 Å². The van der Waals surface area contributed by atoms with Crippen LogP contribution >= 0.6 is 11.6 Å². The van der Waals surface area contributed by atoms with Crippen molar-refractivity contribution in [1.82, 2.24) is 4.90 Å². The van der Waals surface area contributed by atoms with Crippen molar-refractivity contribution in [1.29, 1.82) is 0 Å². The molecule has 1 aromatic rings. The van der Waals surface area contributed by atoms with E-state index in [4.69, 9.17) is 11.6 Å². The van der Waals surface area contributed by atoms with E-state index in [2.05, 4.69) is 4.90 Å². The van der Waals surface area contributed by atoms with Crippen LogP contribution in [0.2, 0.25) is 0 Å². The van der Waals surface area contributed by atoms with Gasteiger partial charge in [0.2, 0.25) is 0 Å². The predicted molar refractivity (Wildman–Crippen MR) is 74.4 cm³/mol. The Bertz CT molecular complexity index is 385. The molecule has 1 aromatic carbocycles. The largest absolute Gasteiger partial charge is 0.295 e. The fourth-order valence-electron chi connectivity index (χ4n) is 2.83. The lowest BCUT2D eigenvalue weighted by Gasteiger charge is -2.34. The Kier molecular flexibility index (Phi) is 5.59. The van der Waals surface area contributed by atoms with Gasteiger partial charge in [-0.2, -0.15) is 0 Å². The number of alkyl halides is 1. The zero-order valence-electron chi connectivity index (χ0n) is 11.0. The molecule has 1 aliphatic carbocycles. The van der Waals surface area contributed by atoms with Crippen molar-refractivity contribution in [2.45, 2.75) is 44.7 Å². The maximum atomic E-state index is 13.7. The van der Waals surface area contributed by atoms with Gasteiger partial charge in [-0.25, -0.2) is 8.78 Å². The van der Waals surface area contributed by atoms with Crippen LogP contribution in [0.4, 0.5) is 8.78 Å². The van der Waals surface area contributed by atoms with Crippen LogP contribution in [0.25, 0.3) is 0 Å². The molecule has 0 N–H and O–H groups in total. The molecule has 1 nitrogen and oxygen atoms in total. The van der Waals surface area contributed by atoms with Gasteiger partial charge in [0.25, 0.3) is 0 Å². The molecule has 4 heteroatoms. The van der Waals surface area contributed by atoms with Crippen LogP contribution in [-0.2, 0) is 6.54 Å². The maximum Gasteiger partial charge on any atom is 0.130 e. The van der Waals surface area contributed by atoms with E-state index in [-0.39, 0.29) is 5.56 Å². The topological polar surface area (TPSA) is 3.24 Å². The molecular weight excluding hydrogens is 268 g/mol. The van der Waals surface area contributed by atoms with Crippen LogP contribution in [0.5, 0.6) is 0 Å². The molecule has 0 bridgehead atoms. The highest BCUT2D eigenvalue weighted by Crippen LogP contribution is 2.25. The van der Waals surface area contributed by atoms with Gasteiger partial charge in [-0.3, -0.25) is 4.90 Å². The quantitative estimate of drug-likeness (QED) is 0.728. The molecule has 19 heavy (non-hydrogen) atoms. The summed E-state index contributed by atoms with van der Waals surface area (Å²) in [5.41, 5.74) is 0.165. The number of hydrogen-bond donors (Lipinski definition) is 0. The minimum atomic E-state index is -0.463. The van der Waals surface area contributed by atoms with E-state index in [9.17, 15) is 8.78 Å². The summed E-state index contributed by atoms with van der Waals surface area (Å²) in [5, 5.41) is 0. The van der Waals surface area contributed by atoms with E-state index < -0.39 is 11.6 Å². The molecule has 106 valence electrons. The third-order valence-corrected chi connectivity index (χ3v) is 4.05.